The molecule has 2 aromatic rings. The van der Waals surface area contributed by atoms with Gasteiger partial charge in [0, 0.05) is 26.0 Å². The molecule has 2 heterocycles. The number of hydrogen-bond donors (Lipinski definition) is 2. The molecule has 0 spiro atoms. The van der Waals surface area contributed by atoms with Gasteiger partial charge in [-0.05, 0) is 63.2 Å². The molecule has 8 nitrogen and oxygen atoms in total. The summed E-state index contributed by atoms with van der Waals surface area (Å²) in [6.07, 6.45) is 6.19. The quantitative estimate of drug-likeness (QED) is 0.602. The Morgan fingerprint density at radius 1 is 1.31 bits per heavy atom. The summed E-state index contributed by atoms with van der Waals surface area (Å²) in [6, 6.07) is 3.74. The van der Waals surface area contributed by atoms with Crippen molar-refractivity contribution < 1.29 is 9.53 Å². The van der Waals surface area contributed by atoms with Gasteiger partial charge in [0.2, 0.25) is 5.91 Å². The molecular weight excluding hydrogens is 474 g/mol. The van der Waals surface area contributed by atoms with Crippen molar-refractivity contribution in [3.05, 3.63) is 51.1 Å². The van der Waals surface area contributed by atoms with E-state index in [0.717, 1.165) is 10.2 Å². The number of nitrogens with zero attached hydrogens (tertiary/aromatic N) is 3. The third-order valence-electron chi connectivity index (χ3n) is 7.48. The SMILES string of the molecule is COC1C(Nc2cnn(CC(=O)NCc3ccncc3)c(=O)c2Br)C(C)C2CC1C2(C)C. The largest absolute Gasteiger partial charge is 0.379 e. The number of rotatable bonds is 7. The van der Waals surface area contributed by atoms with Gasteiger partial charge in [0.25, 0.3) is 5.56 Å². The van der Waals surface area contributed by atoms with Crippen molar-refractivity contribution >= 4 is 27.5 Å². The molecule has 172 valence electrons. The number of pyridine rings is 1. The van der Waals surface area contributed by atoms with Gasteiger partial charge in [0.1, 0.15) is 11.0 Å². The monoisotopic (exact) mass is 503 g/mol. The maximum absolute atomic E-state index is 12.8. The predicted octanol–water partition coefficient (Wildman–Crippen LogP) is 2.82. The number of nitrogens with one attached hydrogen (secondary N) is 2. The summed E-state index contributed by atoms with van der Waals surface area (Å²) in [6.45, 7) is 7.11. The van der Waals surface area contributed by atoms with Crippen LogP contribution in [0.25, 0.3) is 0 Å². The van der Waals surface area contributed by atoms with E-state index in [-0.39, 0.29) is 35.6 Å². The fraction of sp³-hybridized carbons (Fsp3) is 0.565. The van der Waals surface area contributed by atoms with Gasteiger partial charge >= 0.3 is 0 Å². The zero-order valence-corrected chi connectivity index (χ0v) is 20.4. The third kappa shape index (κ3) is 4.08. The fourth-order valence-electron chi connectivity index (χ4n) is 5.52. The lowest BCUT2D eigenvalue weighted by molar-refractivity contribution is -0.183. The Hall–Kier alpha value is -2.26. The molecule has 0 saturated heterocycles. The Kier molecular flexibility index (Phi) is 6.40. The van der Waals surface area contributed by atoms with Crippen LogP contribution in [0.3, 0.4) is 0 Å². The topological polar surface area (TPSA) is 98.1 Å². The first-order chi connectivity index (χ1) is 15.2. The molecule has 3 aliphatic rings. The number of hydrogen-bond acceptors (Lipinski definition) is 6. The second-order valence-corrected chi connectivity index (χ2v) is 10.3. The van der Waals surface area contributed by atoms with Crippen LogP contribution in [0.1, 0.15) is 32.8 Å². The molecule has 2 N–H and O–H groups in total. The Balaban J connectivity index is 1.44. The Labute approximate surface area is 196 Å². The standard InChI is InChI=1S/C23H30BrN5O3/c1-13-15-9-16(23(15,2)3)21(32-4)20(13)28-17-11-27-29(22(31)19(17)24)12-18(30)26-10-14-5-7-25-8-6-14/h5-8,11,13,15-16,20-21,28H,9-10,12H2,1-4H3,(H,26,30). The van der Waals surface area contributed by atoms with Crippen molar-refractivity contribution in [2.24, 2.45) is 23.2 Å². The summed E-state index contributed by atoms with van der Waals surface area (Å²) in [4.78, 5) is 29.1. The molecule has 3 saturated carbocycles. The number of amides is 1. The number of carbonyl (C=O) groups excluding carboxylic acids is 1. The average molecular weight is 504 g/mol. The van der Waals surface area contributed by atoms with E-state index in [2.05, 4.69) is 57.4 Å². The van der Waals surface area contributed by atoms with Gasteiger partial charge in [-0.25, -0.2) is 4.68 Å². The van der Waals surface area contributed by atoms with Crippen LogP contribution in [-0.2, 0) is 22.6 Å². The minimum atomic E-state index is -0.350. The third-order valence-corrected chi connectivity index (χ3v) is 8.25. The zero-order valence-electron chi connectivity index (χ0n) is 18.8. The van der Waals surface area contributed by atoms with Crippen LogP contribution in [0.15, 0.2) is 40.0 Å². The van der Waals surface area contributed by atoms with Crippen molar-refractivity contribution in [1.29, 1.82) is 0 Å². The zero-order chi connectivity index (χ0) is 23.0. The second-order valence-electron chi connectivity index (χ2n) is 9.47. The normalized spacial score (nSPS) is 28.0. The van der Waals surface area contributed by atoms with E-state index < -0.39 is 0 Å². The highest BCUT2D eigenvalue weighted by Crippen LogP contribution is 2.62. The summed E-state index contributed by atoms with van der Waals surface area (Å²) in [7, 11) is 1.76. The van der Waals surface area contributed by atoms with Crippen LogP contribution in [0.4, 0.5) is 5.69 Å². The molecule has 3 aliphatic carbocycles. The number of carbonyl (C=O) groups is 1. The van der Waals surface area contributed by atoms with E-state index in [4.69, 9.17) is 4.74 Å². The maximum atomic E-state index is 12.8. The molecule has 5 rings (SSSR count). The lowest BCUT2D eigenvalue weighted by Gasteiger charge is -2.64. The van der Waals surface area contributed by atoms with Crippen molar-refractivity contribution in [2.45, 2.75) is 52.4 Å². The molecule has 5 atom stereocenters. The van der Waals surface area contributed by atoms with Crippen LogP contribution >= 0.6 is 15.9 Å². The van der Waals surface area contributed by atoms with Crippen LogP contribution in [0, 0.1) is 23.2 Å². The van der Waals surface area contributed by atoms with E-state index in [9.17, 15) is 9.59 Å². The molecule has 9 heteroatoms. The van der Waals surface area contributed by atoms with E-state index >= 15 is 0 Å². The summed E-state index contributed by atoms with van der Waals surface area (Å²) in [5.74, 6) is 1.22. The summed E-state index contributed by atoms with van der Waals surface area (Å²) < 4.78 is 7.44. The van der Waals surface area contributed by atoms with E-state index in [1.54, 1.807) is 25.7 Å². The lowest BCUT2D eigenvalue weighted by Crippen LogP contribution is -2.66. The van der Waals surface area contributed by atoms with Gasteiger partial charge in [0.15, 0.2) is 0 Å². The first-order valence-electron chi connectivity index (χ1n) is 10.9. The average Bonchev–Trinajstić information content (AvgIpc) is 2.78. The first kappa shape index (κ1) is 22.9. The molecule has 0 radical (unpaired) electrons. The first-order valence-corrected chi connectivity index (χ1v) is 11.7. The van der Waals surface area contributed by atoms with Crippen LogP contribution in [-0.4, -0.2) is 39.9 Å². The maximum Gasteiger partial charge on any atom is 0.283 e. The van der Waals surface area contributed by atoms with Gasteiger partial charge < -0.3 is 15.4 Å². The van der Waals surface area contributed by atoms with Crippen molar-refractivity contribution in [3.8, 4) is 0 Å². The highest BCUT2D eigenvalue weighted by molar-refractivity contribution is 9.10. The summed E-state index contributed by atoms with van der Waals surface area (Å²) in [5, 5.41) is 10.5. The highest BCUT2D eigenvalue weighted by Gasteiger charge is 2.61. The molecule has 1 amide bonds. The van der Waals surface area contributed by atoms with Crippen LogP contribution in [0.5, 0.6) is 0 Å². The molecule has 3 fully saturated rings. The molecule has 0 aliphatic heterocycles. The van der Waals surface area contributed by atoms with Gasteiger partial charge in [-0.15, -0.1) is 0 Å². The van der Waals surface area contributed by atoms with Gasteiger partial charge in [-0.1, -0.05) is 20.8 Å². The molecule has 32 heavy (non-hydrogen) atoms. The molecular formula is C23H30BrN5O3. The number of methoxy groups -OCH3 is 1. The summed E-state index contributed by atoms with van der Waals surface area (Å²) >= 11 is 3.42. The van der Waals surface area contributed by atoms with Crippen molar-refractivity contribution in [2.75, 3.05) is 12.4 Å². The van der Waals surface area contributed by atoms with Crippen LogP contribution < -0.4 is 16.2 Å². The van der Waals surface area contributed by atoms with E-state index in [0.29, 0.717) is 34.5 Å². The van der Waals surface area contributed by atoms with Gasteiger partial charge in [-0.2, -0.15) is 5.10 Å². The number of anilines is 1. The second kappa shape index (κ2) is 8.94. The van der Waals surface area contributed by atoms with E-state index in [1.165, 1.54) is 6.42 Å². The van der Waals surface area contributed by atoms with Crippen molar-refractivity contribution in [3.63, 3.8) is 0 Å². The Morgan fingerprint density at radius 3 is 2.69 bits per heavy atom. The molecule has 5 unspecified atom stereocenters. The highest BCUT2D eigenvalue weighted by atomic mass is 79.9. The Morgan fingerprint density at radius 2 is 2.03 bits per heavy atom. The predicted molar refractivity (Wildman–Crippen MR) is 125 cm³/mol. The van der Waals surface area contributed by atoms with E-state index in [1.807, 2.05) is 12.1 Å². The Bertz CT molecular complexity index is 1040. The molecule has 0 aromatic carbocycles. The minimum Gasteiger partial charge on any atom is -0.379 e. The number of halogens is 1. The molecule has 2 bridgehead atoms. The number of ether oxygens (including phenoxy) is 1. The fourth-order valence-corrected chi connectivity index (χ4v) is 5.94. The summed E-state index contributed by atoms with van der Waals surface area (Å²) in [5.41, 5.74) is 1.48. The van der Waals surface area contributed by atoms with Gasteiger partial charge in [0.05, 0.1) is 24.0 Å². The van der Waals surface area contributed by atoms with Crippen molar-refractivity contribution in [1.82, 2.24) is 20.1 Å². The minimum absolute atomic E-state index is 0.0679. The number of fused-ring (bicyclic) bond motifs is 2. The lowest BCUT2D eigenvalue weighted by atomic mass is 9.43. The smallest absolute Gasteiger partial charge is 0.283 e. The number of aromatic nitrogens is 3. The van der Waals surface area contributed by atoms with Gasteiger partial charge in [-0.3, -0.25) is 14.6 Å². The van der Waals surface area contributed by atoms with Crippen LogP contribution in [0.2, 0.25) is 0 Å². The molecule has 2 aromatic heterocycles.